The van der Waals surface area contributed by atoms with Gasteiger partial charge in [0.25, 0.3) is 0 Å². The molecule has 18 heavy (non-hydrogen) atoms. The highest BCUT2D eigenvalue weighted by Gasteiger charge is 2.28. The van der Waals surface area contributed by atoms with Gasteiger partial charge in [0, 0.05) is 29.4 Å². The molecule has 0 aromatic heterocycles. The quantitative estimate of drug-likeness (QED) is 0.375. The lowest BCUT2D eigenvalue weighted by Crippen LogP contribution is -2.24. The summed E-state index contributed by atoms with van der Waals surface area (Å²) in [5, 5.41) is 12.6. The predicted octanol–water partition coefficient (Wildman–Crippen LogP) is 2.53. The number of halogens is 1. The molecule has 1 heterocycles. The summed E-state index contributed by atoms with van der Waals surface area (Å²) in [4.78, 5) is 2.24. The average molecular weight is 268 g/mol. The Labute approximate surface area is 112 Å². The summed E-state index contributed by atoms with van der Waals surface area (Å²) >= 11 is 6.05. The number of amidine groups is 1. The number of nitrogens with zero attached hydrogens (tertiary/aromatic N) is 2. The normalized spacial score (nSPS) is 24.6. The lowest BCUT2D eigenvalue weighted by Gasteiger charge is -2.21. The molecule has 5 heteroatoms. The number of anilines is 1. The second-order valence-corrected chi connectivity index (χ2v) is 5.44. The molecule has 3 N–H and O–H groups in total. The molecule has 98 valence electrons. The molecule has 0 bridgehead atoms. The Kier molecular flexibility index (Phi) is 3.66. The molecule has 1 aromatic rings. The van der Waals surface area contributed by atoms with Gasteiger partial charge < -0.3 is 15.8 Å². The van der Waals surface area contributed by atoms with E-state index >= 15 is 0 Å². The molecule has 4 nitrogen and oxygen atoms in total. The Morgan fingerprint density at radius 3 is 2.56 bits per heavy atom. The van der Waals surface area contributed by atoms with Crippen molar-refractivity contribution in [2.45, 2.75) is 13.8 Å². The largest absolute Gasteiger partial charge is 0.409 e. The second-order valence-electron chi connectivity index (χ2n) is 5.01. The van der Waals surface area contributed by atoms with Gasteiger partial charge >= 0.3 is 0 Å². The van der Waals surface area contributed by atoms with Crippen LogP contribution in [0.4, 0.5) is 5.69 Å². The van der Waals surface area contributed by atoms with E-state index in [0.29, 0.717) is 16.9 Å². The minimum absolute atomic E-state index is 0.119. The Hall–Kier alpha value is -1.42. The van der Waals surface area contributed by atoms with E-state index in [2.05, 4.69) is 23.9 Å². The third-order valence-electron chi connectivity index (χ3n) is 3.67. The van der Waals surface area contributed by atoms with Crippen molar-refractivity contribution in [3.8, 4) is 0 Å². The SMILES string of the molecule is CC1CN(c2cc(Cl)ccc2C(N)=NO)CC1C. The third-order valence-corrected chi connectivity index (χ3v) is 3.91. The van der Waals surface area contributed by atoms with Crippen molar-refractivity contribution < 1.29 is 5.21 Å². The Bertz CT molecular complexity index is 465. The van der Waals surface area contributed by atoms with Gasteiger partial charge in [-0.2, -0.15) is 0 Å². The zero-order chi connectivity index (χ0) is 13.3. The van der Waals surface area contributed by atoms with Crippen LogP contribution in [0.15, 0.2) is 23.4 Å². The minimum Gasteiger partial charge on any atom is -0.409 e. The van der Waals surface area contributed by atoms with Crippen LogP contribution in [0, 0.1) is 11.8 Å². The van der Waals surface area contributed by atoms with Crippen molar-refractivity contribution in [1.29, 1.82) is 0 Å². The highest BCUT2D eigenvalue weighted by atomic mass is 35.5. The standard InChI is InChI=1S/C13H18ClN3O/c1-8-6-17(7-9(8)2)12-5-10(14)3-4-11(12)13(15)16-18/h3-5,8-9,18H,6-7H2,1-2H3,(H2,15,16). The van der Waals surface area contributed by atoms with Gasteiger partial charge in [-0.3, -0.25) is 0 Å². The van der Waals surface area contributed by atoms with Gasteiger partial charge in [-0.25, -0.2) is 0 Å². The molecule has 1 aromatic carbocycles. The first-order valence-corrected chi connectivity index (χ1v) is 6.43. The fraction of sp³-hybridized carbons (Fsp3) is 0.462. The molecule has 0 radical (unpaired) electrons. The number of nitrogens with two attached hydrogens (primary N) is 1. The predicted molar refractivity (Wildman–Crippen MR) is 74.5 cm³/mol. The van der Waals surface area contributed by atoms with Gasteiger partial charge in [0.2, 0.25) is 0 Å². The molecule has 0 saturated carbocycles. The smallest absolute Gasteiger partial charge is 0.172 e. The van der Waals surface area contributed by atoms with Crippen molar-refractivity contribution in [3.05, 3.63) is 28.8 Å². The molecule has 0 amide bonds. The zero-order valence-corrected chi connectivity index (χ0v) is 11.4. The summed E-state index contributed by atoms with van der Waals surface area (Å²) in [6.07, 6.45) is 0. The Morgan fingerprint density at radius 2 is 2.00 bits per heavy atom. The summed E-state index contributed by atoms with van der Waals surface area (Å²) in [6.45, 7) is 6.40. The minimum atomic E-state index is 0.119. The molecule has 2 atom stereocenters. The van der Waals surface area contributed by atoms with Crippen molar-refractivity contribution in [2.75, 3.05) is 18.0 Å². The second kappa shape index (κ2) is 5.06. The summed E-state index contributed by atoms with van der Waals surface area (Å²) in [6, 6.07) is 5.42. The number of hydrogen-bond donors (Lipinski definition) is 2. The first-order chi connectivity index (χ1) is 8.52. The van der Waals surface area contributed by atoms with Gasteiger partial charge in [0.1, 0.15) is 0 Å². The lowest BCUT2D eigenvalue weighted by molar-refractivity contribution is 0.318. The van der Waals surface area contributed by atoms with E-state index in [0.717, 1.165) is 24.3 Å². The van der Waals surface area contributed by atoms with Gasteiger partial charge in [-0.05, 0) is 30.0 Å². The first-order valence-electron chi connectivity index (χ1n) is 6.05. The van der Waals surface area contributed by atoms with E-state index in [1.165, 1.54) is 0 Å². The summed E-state index contributed by atoms with van der Waals surface area (Å²) in [7, 11) is 0. The van der Waals surface area contributed by atoms with E-state index in [-0.39, 0.29) is 5.84 Å². The molecular weight excluding hydrogens is 250 g/mol. The highest BCUT2D eigenvalue weighted by molar-refractivity contribution is 6.31. The molecule has 1 fully saturated rings. The Morgan fingerprint density at radius 1 is 1.39 bits per heavy atom. The van der Waals surface area contributed by atoms with Crippen molar-refractivity contribution in [1.82, 2.24) is 0 Å². The van der Waals surface area contributed by atoms with Gasteiger partial charge in [-0.1, -0.05) is 30.6 Å². The third kappa shape index (κ3) is 2.38. The number of oxime groups is 1. The van der Waals surface area contributed by atoms with Crippen LogP contribution in [0.25, 0.3) is 0 Å². The maximum atomic E-state index is 8.84. The molecule has 2 unspecified atom stereocenters. The summed E-state index contributed by atoms with van der Waals surface area (Å²) < 4.78 is 0. The maximum Gasteiger partial charge on any atom is 0.172 e. The van der Waals surface area contributed by atoms with Crippen LogP contribution < -0.4 is 10.6 Å². The molecular formula is C13H18ClN3O. The van der Waals surface area contributed by atoms with E-state index in [4.69, 9.17) is 22.5 Å². The molecule has 1 aliphatic rings. The van der Waals surface area contributed by atoms with Crippen LogP contribution in [0.1, 0.15) is 19.4 Å². The van der Waals surface area contributed by atoms with E-state index < -0.39 is 0 Å². The molecule has 1 saturated heterocycles. The molecule has 0 spiro atoms. The number of benzene rings is 1. The topological polar surface area (TPSA) is 61.8 Å². The van der Waals surface area contributed by atoms with Gasteiger partial charge in [0.15, 0.2) is 5.84 Å². The fourth-order valence-corrected chi connectivity index (χ4v) is 2.53. The molecule has 0 aliphatic carbocycles. The summed E-state index contributed by atoms with van der Waals surface area (Å²) in [5.74, 6) is 1.38. The van der Waals surface area contributed by atoms with Crippen molar-refractivity contribution >= 4 is 23.1 Å². The lowest BCUT2D eigenvalue weighted by atomic mass is 10.0. The molecule has 1 aliphatic heterocycles. The Balaban J connectivity index is 2.40. The monoisotopic (exact) mass is 267 g/mol. The van der Waals surface area contributed by atoms with Crippen molar-refractivity contribution in [2.24, 2.45) is 22.7 Å². The molecule has 2 rings (SSSR count). The average Bonchev–Trinajstić information content (AvgIpc) is 2.68. The fourth-order valence-electron chi connectivity index (χ4n) is 2.36. The summed E-state index contributed by atoms with van der Waals surface area (Å²) in [5.41, 5.74) is 7.38. The van der Waals surface area contributed by atoms with E-state index in [1.807, 2.05) is 6.07 Å². The van der Waals surface area contributed by atoms with Crippen LogP contribution in [0.5, 0.6) is 0 Å². The van der Waals surface area contributed by atoms with E-state index in [1.54, 1.807) is 12.1 Å². The number of rotatable bonds is 2. The van der Waals surface area contributed by atoms with Crippen LogP contribution in [-0.4, -0.2) is 24.1 Å². The van der Waals surface area contributed by atoms with Crippen LogP contribution in [0.3, 0.4) is 0 Å². The van der Waals surface area contributed by atoms with E-state index in [9.17, 15) is 0 Å². The first kappa shape index (κ1) is 13.0. The van der Waals surface area contributed by atoms with Gasteiger partial charge in [0.05, 0.1) is 0 Å². The van der Waals surface area contributed by atoms with Crippen LogP contribution in [-0.2, 0) is 0 Å². The van der Waals surface area contributed by atoms with Crippen LogP contribution >= 0.6 is 11.6 Å². The highest BCUT2D eigenvalue weighted by Crippen LogP contribution is 2.32. The zero-order valence-electron chi connectivity index (χ0n) is 10.6. The van der Waals surface area contributed by atoms with Crippen molar-refractivity contribution in [3.63, 3.8) is 0 Å². The number of hydrogen-bond acceptors (Lipinski definition) is 3. The van der Waals surface area contributed by atoms with Crippen LogP contribution in [0.2, 0.25) is 5.02 Å². The maximum absolute atomic E-state index is 8.84. The van der Waals surface area contributed by atoms with Gasteiger partial charge in [-0.15, -0.1) is 0 Å².